The fourth-order valence-electron chi connectivity index (χ4n) is 0.700. The van der Waals surface area contributed by atoms with Crippen LogP contribution in [0.5, 0.6) is 0 Å². The molecule has 14 heavy (non-hydrogen) atoms. The predicted molar refractivity (Wildman–Crippen MR) is 56.0 cm³/mol. The average Bonchev–Trinajstić information content (AvgIpc) is 1.99. The number of hydrogen-bond donors (Lipinski definition) is 2. The first-order valence-electron chi connectivity index (χ1n) is 3.73. The molecule has 7 heteroatoms. The number of amides is 1. The zero-order chi connectivity index (χ0) is 10.5. The number of nitrogens with one attached hydrogen (secondary N) is 1. The van der Waals surface area contributed by atoms with Gasteiger partial charge in [0.15, 0.2) is 0 Å². The van der Waals surface area contributed by atoms with E-state index in [1.807, 2.05) is 0 Å². The molecule has 5 nitrogen and oxygen atoms in total. The van der Waals surface area contributed by atoms with E-state index in [9.17, 15) is 13.2 Å². The standard InChI is InChI=1S/C7H13NO4S.K.H/c1-3-7(9)8-6(2)4-5-13(10,11)12;;/h3,6H,1,4-5H2,2H3,(H,8,9)(H,10,11,12);;. The molecule has 1 amide bonds. The molecular weight excluding hydrogens is 233 g/mol. The molecule has 0 aliphatic rings. The Kier molecular flexibility index (Phi) is 9.77. The molecule has 0 aromatic heterocycles. The van der Waals surface area contributed by atoms with Crippen molar-refractivity contribution < 1.29 is 17.8 Å². The fourth-order valence-corrected chi connectivity index (χ4v) is 1.35. The molecule has 1 atom stereocenters. The zero-order valence-corrected chi connectivity index (χ0v) is 8.17. The summed E-state index contributed by atoms with van der Waals surface area (Å²) in [4.78, 5) is 10.7. The van der Waals surface area contributed by atoms with Crippen LogP contribution in [0.25, 0.3) is 0 Å². The molecule has 0 rings (SSSR count). The summed E-state index contributed by atoms with van der Waals surface area (Å²) in [6.45, 7) is 4.89. The molecule has 0 aliphatic carbocycles. The van der Waals surface area contributed by atoms with Crippen LogP contribution in [0, 0.1) is 0 Å². The monoisotopic (exact) mass is 247 g/mol. The summed E-state index contributed by atoms with van der Waals surface area (Å²) in [5.41, 5.74) is 0. The molecule has 0 aromatic carbocycles. The molecule has 78 valence electrons. The summed E-state index contributed by atoms with van der Waals surface area (Å²) in [5.74, 6) is -0.714. The first-order valence-corrected chi connectivity index (χ1v) is 5.34. The Balaban J connectivity index is 0. The summed E-state index contributed by atoms with van der Waals surface area (Å²) in [6, 6.07) is -0.299. The summed E-state index contributed by atoms with van der Waals surface area (Å²) in [7, 11) is -3.94. The van der Waals surface area contributed by atoms with E-state index in [0.29, 0.717) is 0 Å². The summed E-state index contributed by atoms with van der Waals surface area (Å²) < 4.78 is 29.0. The third kappa shape index (κ3) is 10.8. The van der Waals surface area contributed by atoms with Gasteiger partial charge in [0.25, 0.3) is 10.1 Å². The number of carbonyl (C=O) groups is 1. The minimum atomic E-state index is -3.94. The van der Waals surface area contributed by atoms with Gasteiger partial charge in [0.05, 0.1) is 5.75 Å². The predicted octanol–water partition coefficient (Wildman–Crippen LogP) is -0.693. The van der Waals surface area contributed by atoms with Crippen molar-refractivity contribution in [3.8, 4) is 0 Å². The molecule has 0 fully saturated rings. The Hall–Kier alpha value is 0.756. The van der Waals surface area contributed by atoms with E-state index < -0.39 is 10.1 Å². The molecule has 1 unspecified atom stereocenters. The third-order valence-corrected chi connectivity index (χ3v) is 2.13. The van der Waals surface area contributed by atoms with Gasteiger partial charge in [-0.05, 0) is 19.4 Å². The van der Waals surface area contributed by atoms with Gasteiger partial charge in [0.2, 0.25) is 5.91 Å². The van der Waals surface area contributed by atoms with Gasteiger partial charge in [-0.25, -0.2) is 0 Å². The van der Waals surface area contributed by atoms with Crippen molar-refractivity contribution in [2.45, 2.75) is 19.4 Å². The second-order valence-corrected chi connectivity index (χ2v) is 4.26. The van der Waals surface area contributed by atoms with Crippen molar-refractivity contribution in [2.75, 3.05) is 5.75 Å². The van der Waals surface area contributed by atoms with Crippen LogP contribution >= 0.6 is 0 Å². The molecule has 2 N–H and O–H groups in total. The molecule has 0 saturated carbocycles. The summed E-state index contributed by atoms with van der Waals surface area (Å²) >= 11 is 0. The molecular formula is C7H14KNO4S. The van der Waals surface area contributed by atoms with Gasteiger partial charge < -0.3 is 5.32 Å². The Morgan fingerprint density at radius 2 is 2.14 bits per heavy atom. The van der Waals surface area contributed by atoms with E-state index in [4.69, 9.17) is 4.55 Å². The van der Waals surface area contributed by atoms with Gasteiger partial charge in [0.1, 0.15) is 0 Å². The van der Waals surface area contributed by atoms with Crippen molar-refractivity contribution >= 4 is 67.4 Å². The number of hydrogen-bond acceptors (Lipinski definition) is 3. The zero-order valence-electron chi connectivity index (χ0n) is 7.36. The first-order chi connectivity index (χ1) is 5.85. The van der Waals surface area contributed by atoms with Gasteiger partial charge >= 0.3 is 51.4 Å². The van der Waals surface area contributed by atoms with Crippen LogP contribution < -0.4 is 5.32 Å². The molecule has 0 radical (unpaired) electrons. The molecule has 0 aromatic rings. The maximum absolute atomic E-state index is 10.7. The Labute approximate surface area is 127 Å². The Morgan fingerprint density at radius 3 is 2.50 bits per heavy atom. The van der Waals surface area contributed by atoms with Crippen LogP contribution in [0.4, 0.5) is 0 Å². The molecule has 0 spiro atoms. The van der Waals surface area contributed by atoms with E-state index >= 15 is 0 Å². The van der Waals surface area contributed by atoms with Crippen LogP contribution in [0.3, 0.4) is 0 Å². The van der Waals surface area contributed by atoms with Crippen molar-refractivity contribution in [3.63, 3.8) is 0 Å². The quantitative estimate of drug-likeness (QED) is 0.382. The van der Waals surface area contributed by atoms with E-state index in [1.54, 1.807) is 6.92 Å². The SMILES string of the molecule is C=CC(=O)NC(C)CCS(=O)(=O)O.[KH]. The average molecular weight is 247 g/mol. The fraction of sp³-hybridized carbons (Fsp3) is 0.571. The first kappa shape index (κ1) is 17.2. The minimum absolute atomic E-state index is 0. The van der Waals surface area contributed by atoms with Crippen molar-refractivity contribution in [3.05, 3.63) is 12.7 Å². The van der Waals surface area contributed by atoms with Crippen LogP contribution in [-0.2, 0) is 14.9 Å². The summed E-state index contributed by atoms with van der Waals surface area (Å²) in [6.07, 6.45) is 1.28. The Morgan fingerprint density at radius 1 is 1.64 bits per heavy atom. The maximum atomic E-state index is 10.7. The van der Waals surface area contributed by atoms with Crippen molar-refractivity contribution in [2.24, 2.45) is 0 Å². The van der Waals surface area contributed by atoms with Crippen molar-refractivity contribution in [1.82, 2.24) is 5.32 Å². The van der Waals surface area contributed by atoms with Gasteiger partial charge in [-0.2, -0.15) is 8.42 Å². The van der Waals surface area contributed by atoms with E-state index in [-0.39, 0.29) is 75.5 Å². The van der Waals surface area contributed by atoms with E-state index in [0.717, 1.165) is 6.08 Å². The van der Waals surface area contributed by atoms with Crippen LogP contribution in [0.15, 0.2) is 12.7 Å². The van der Waals surface area contributed by atoms with E-state index in [2.05, 4.69) is 11.9 Å². The van der Waals surface area contributed by atoms with Gasteiger partial charge in [-0.15, -0.1) is 0 Å². The van der Waals surface area contributed by atoms with Crippen LogP contribution in [0.1, 0.15) is 13.3 Å². The second kappa shape index (κ2) is 7.97. The Bertz CT molecular complexity index is 288. The molecule has 0 aliphatic heterocycles. The third-order valence-electron chi connectivity index (χ3n) is 1.38. The molecule has 0 bridgehead atoms. The normalized spacial score (nSPS) is 12.4. The summed E-state index contributed by atoms with van der Waals surface area (Å²) in [5, 5.41) is 2.47. The van der Waals surface area contributed by atoms with Gasteiger partial charge in [0, 0.05) is 6.04 Å². The van der Waals surface area contributed by atoms with Gasteiger partial charge in [-0.3, -0.25) is 9.35 Å². The molecule has 0 saturated heterocycles. The van der Waals surface area contributed by atoms with Crippen LogP contribution in [0.2, 0.25) is 0 Å². The van der Waals surface area contributed by atoms with Crippen molar-refractivity contribution in [1.29, 1.82) is 0 Å². The second-order valence-electron chi connectivity index (χ2n) is 2.69. The number of carbonyl (C=O) groups excluding carboxylic acids is 1. The van der Waals surface area contributed by atoms with Gasteiger partial charge in [-0.1, -0.05) is 6.58 Å². The molecule has 0 heterocycles. The topological polar surface area (TPSA) is 83.5 Å². The van der Waals surface area contributed by atoms with E-state index in [1.165, 1.54) is 0 Å². The number of rotatable bonds is 5. The van der Waals surface area contributed by atoms with Crippen LogP contribution in [-0.4, -0.2) is 82.1 Å².